The Hall–Kier alpha value is -0.730. The Morgan fingerprint density at radius 2 is 1.74 bits per heavy atom. The largest absolute Gasteiger partial charge is 0.143 e. The third kappa shape index (κ3) is 2.48. The maximum atomic E-state index is 6.59. The van der Waals surface area contributed by atoms with E-state index in [2.05, 4.69) is 17.5 Å². The highest BCUT2D eigenvalue weighted by Crippen LogP contribution is 2.40. The third-order valence-electron chi connectivity index (χ3n) is 3.02. The van der Waals surface area contributed by atoms with Crippen LogP contribution in [0.5, 0.6) is 0 Å². The third-order valence-corrected chi connectivity index (χ3v) is 5.03. The van der Waals surface area contributed by atoms with Crippen LogP contribution in [-0.2, 0) is 0 Å². The SMILES string of the molecule is Clc1ccc(C(Cl)c2csc3ccccc23)c(Cl)c1. The van der Waals surface area contributed by atoms with E-state index < -0.39 is 0 Å². The summed E-state index contributed by atoms with van der Waals surface area (Å²) in [5.74, 6) is 0. The van der Waals surface area contributed by atoms with Crippen molar-refractivity contribution in [1.82, 2.24) is 0 Å². The second-order valence-electron chi connectivity index (χ2n) is 4.22. The summed E-state index contributed by atoms with van der Waals surface area (Å²) in [4.78, 5) is 0. The minimum absolute atomic E-state index is 0.263. The fourth-order valence-corrected chi connectivity index (χ4v) is 4.08. The highest BCUT2D eigenvalue weighted by molar-refractivity contribution is 7.17. The number of benzene rings is 2. The molecule has 0 aliphatic carbocycles. The average Bonchev–Trinajstić information content (AvgIpc) is 2.82. The van der Waals surface area contributed by atoms with Gasteiger partial charge >= 0.3 is 0 Å². The van der Waals surface area contributed by atoms with Gasteiger partial charge in [-0.1, -0.05) is 47.5 Å². The van der Waals surface area contributed by atoms with E-state index in [4.69, 9.17) is 34.8 Å². The lowest BCUT2D eigenvalue weighted by atomic mass is 10.0. The van der Waals surface area contributed by atoms with Crippen molar-refractivity contribution in [2.75, 3.05) is 0 Å². The lowest BCUT2D eigenvalue weighted by Crippen LogP contribution is -1.93. The molecule has 0 saturated heterocycles. The molecule has 4 heteroatoms. The Bertz CT molecular complexity index is 733. The van der Waals surface area contributed by atoms with E-state index >= 15 is 0 Å². The molecular formula is C15H9Cl3S. The number of alkyl halides is 1. The van der Waals surface area contributed by atoms with Gasteiger partial charge in [0.15, 0.2) is 0 Å². The summed E-state index contributed by atoms with van der Waals surface area (Å²) in [6.45, 7) is 0. The zero-order valence-corrected chi connectivity index (χ0v) is 12.8. The van der Waals surface area contributed by atoms with Crippen LogP contribution in [0.4, 0.5) is 0 Å². The van der Waals surface area contributed by atoms with Crippen LogP contribution in [0.1, 0.15) is 16.5 Å². The molecule has 0 radical (unpaired) electrons. The molecule has 1 aromatic heterocycles. The topological polar surface area (TPSA) is 0 Å². The van der Waals surface area contributed by atoms with Gasteiger partial charge in [0.05, 0.1) is 5.38 Å². The van der Waals surface area contributed by atoms with Crippen molar-refractivity contribution in [3.05, 3.63) is 69.0 Å². The number of thiophene rings is 1. The first-order valence-electron chi connectivity index (χ1n) is 5.72. The fraction of sp³-hybridized carbons (Fsp3) is 0.0667. The smallest absolute Gasteiger partial charge is 0.0863 e. The molecule has 0 fully saturated rings. The molecule has 0 aliphatic rings. The van der Waals surface area contributed by atoms with Crippen molar-refractivity contribution >= 4 is 56.2 Å². The molecule has 0 bridgehead atoms. The maximum absolute atomic E-state index is 6.59. The van der Waals surface area contributed by atoms with Crippen LogP contribution < -0.4 is 0 Å². The van der Waals surface area contributed by atoms with Gasteiger partial charge < -0.3 is 0 Å². The molecule has 0 aliphatic heterocycles. The number of hydrogen-bond acceptors (Lipinski definition) is 1. The molecule has 0 nitrogen and oxygen atoms in total. The van der Waals surface area contributed by atoms with Crippen LogP contribution in [0, 0.1) is 0 Å². The molecule has 0 spiro atoms. The molecule has 0 saturated carbocycles. The van der Waals surface area contributed by atoms with E-state index in [0.717, 1.165) is 11.1 Å². The molecule has 0 N–H and O–H groups in total. The van der Waals surface area contributed by atoms with Gasteiger partial charge in [-0.05, 0) is 40.1 Å². The molecule has 3 aromatic rings. The van der Waals surface area contributed by atoms with Crippen LogP contribution in [0.15, 0.2) is 47.8 Å². The van der Waals surface area contributed by atoms with Gasteiger partial charge in [0.1, 0.15) is 0 Å². The van der Waals surface area contributed by atoms with Crippen LogP contribution in [0.2, 0.25) is 10.0 Å². The Balaban J connectivity index is 2.10. The van der Waals surface area contributed by atoms with E-state index in [1.807, 2.05) is 24.3 Å². The Kier molecular flexibility index (Phi) is 3.72. The number of hydrogen-bond donors (Lipinski definition) is 0. The van der Waals surface area contributed by atoms with E-state index in [-0.39, 0.29) is 5.38 Å². The zero-order valence-electron chi connectivity index (χ0n) is 9.74. The zero-order chi connectivity index (χ0) is 13.4. The highest BCUT2D eigenvalue weighted by Gasteiger charge is 2.18. The summed E-state index contributed by atoms with van der Waals surface area (Å²) in [5.41, 5.74) is 1.97. The summed E-state index contributed by atoms with van der Waals surface area (Å²) in [6.07, 6.45) is 0. The van der Waals surface area contributed by atoms with Crippen molar-refractivity contribution in [1.29, 1.82) is 0 Å². The van der Waals surface area contributed by atoms with E-state index in [1.165, 1.54) is 10.1 Å². The minimum atomic E-state index is -0.263. The molecule has 1 heterocycles. The van der Waals surface area contributed by atoms with Crippen molar-refractivity contribution in [2.45, 2.75) is 5.38 Å². The monoisotopic (exact) mass is 326 g/mol. The first-order valence-corrected chi connectivity index (χ1v) is 7.79. The lowest BCUT2D eigenvalue weighted by molar-refractivity contribution is 1.17. The van der Waals surface area contributed by atoms with E-state index in [9.17, 15) is 0 Å². The second-order valence-corrected chi connectivity index (χ2v) is 6.41. The maximum Gasteiger partial charge on any atom is 0.0863 e. The molecule has 19 heavy (non-hydrogen) atoms. The molecule has 96 valence electrons. The van der Waals surface area contributed by atoms with Gasteiger partial charge in [-0.3, -0.25) is 0 Å². The summed E-state index contributed by atoms with van der Waals surface area (Å²) < 4.78 is 1.23. The van der Waals surface area contributed by atoms with Gasteiger partial charge in [0.25, 0.3) is 0 Å². The van der Waals surface area contributed by atoms with Crippen LogP contribution >= 0.6 is 46.1 Å². The molecule has 3 rings (SSSR count). The first-order chi connectivity index (χ1) is 9.16. The van der Waals surface area contributed by atoms with Crippen molar-refractivity contribution < 1.29 is 0 Å². The molecule has 1 atom stereocenters. The highest BCUT2D eigenvalue weighted by atomic mass is 35.5. The van der Waals surface area contributed by atoms with Gasteiger partial charge in [0, 0.05) is 14.7 Å². The Morgan fingerprint density at radius 3 is 2.53 bits per heavy atom. The molecule has 1 unspecified atom stereocenters. The summed E-state index contributed by atoms with van der Waals surface area (Å²) >= 11 is 20.4. The van der Waals surface area contributed by atoms with Gasteiger partial charge in [-0.2, -0.15) is 0 Å². The summed E-state index contributed by atoms with van der Waals surface area (Å²) in [7, 11) is 0. The van der Waals surface area contributed by atoms with Crippen molar-refractivity contribution in [3.63, 3.8) is 0 Å². The van der Waals surface area contributed by atoms with Crippen LogP contribution in [-0.4, -0.2) is 0 Å². The number of halogens is 3. The van der Waals surface area contributed by atoms with Crippen LogP contribution in [0.3, 0.4) is 0 Å². The summed E-state index contributed by atoms with van der Waals surface area (Å²) in [6, 6.07) is 13.6. The average molecular weight is 328 g/mol. The fourth-order valence-electron chi connectivity index (χ4n) is 2.07. The van der Waals surface area contributed by atoms with E-state index in [0.29, 0.717) is 10.0 Å². The Labute approximate surface area is 130 Å². The predicted molar refractivity (Wildman–Crippen MR) is 86.0 cm³/mol. The molecule has 2 aromatic carbocycles. The van der Waals surface area contributed by atoms with Crippen molar-refractivity contribution in [2.24, 2.45) is 0 Å². The standard InChI is InChI=1S/C15H9Cl3S/c16-9-5-6-11(13(17)7-9)15(18)12-8-19-14-4-2-1-3-10(12)14/h1-8,15H. The Morgan fingerprint density at radius 1 is 0.947 bits per heavy atom. The first kappa shape index (κ1) is 13.3. The minimum Gasteiger partial charge on any atom is -0.143 e. The quantitative estimate of drug-likeness (QED) is 0.469. The normalized spacial score (nSPS) is 12.8. The summed E-state index contributed by atoms with van der Waals surface area (Å²) in [5, 5.41) is 4.22. The van der Waals surface area contributed by atoms with Gasteiger partial charge in [-0.25, -0.2) is 0 Å². The number of rotatable bonds is 2. The second kappa shape index (κ2) is 5.34. The van der Waals surface area contributed by atoms with Crippen LogP contribution in [0.25, 0.3) is 10.1 Å². The van der Waals surface area contributed by atoms with Crippen molar-refractivity contribution in [3.8, 4) is 0 Å². The molecule has 0 amide bonds. The van der Waals surface area contributed by atoms with Gasteiger partial charge in [0.2, 0.25) is 0 Å². The predicted octanol–water partition coefficient (Wildman–Crippen LogP) is 6.54. The molecular weight excluding hydrogens is 319 g/mol. The number of fused-ring (bicyclic) bond motifs is 1. The van der Waals surface area contributed by atoms with Gasteiger partial charge in [-0.15, -0.1) is 22.9 Å². The van der Waals surface area contributed by atoms with E-state index in [1.54, 1.807) is 17.4 Å². The lowest BCUT2D eigenvalue weighted by Gasteiger charge is -2.11.